The number of nitrogens with zero attached hydrogens (tertiary/aromatic N) is 2. The first-order valence-electron chi connectivity index (χ1n) is 5.92. The van der Waals surface area contributed by atoms with E-state index in [0.717, 1.165) is 36.6 Å². The largest absolute Gasteiger partial charge is 0.356 e. The Morgan fingerprint density at radius 2 is 2.35 bits per heavy atom. The number of hydrogen-bond donors (Lipinski definition) is 0. The monoisotopic (exact) mass is 230 g/mol. The first-order valence-corrected chi connectivity index (χ1v) is 5.92. The Balaban J connectivity index is 2.02. The van der Waals surface area contributed by atoms with Gasteiger partial charge in [-0.2, -0.15) is 5.10 Å². The van der Waals surface area contributed by atoms with Crippen LogP contribution in [0.25, 0.3) is 10.9 Å². The highest BCUT2D eigenvalue weighted by molar-refractivity contribution is 5.86. The number of fused-ring (bicyclic) bond motifs is 1. The van der Waals surface area contributed by atoms with E-state index >= 15 is 0 Å². The number of ether oxygens (including phenoxy) is 1. The topological polar surface area (TPSA) is 44.1 Å². The molecule has 0 aliphatic carbocycles. The van der Waals surface area contributed by atoms with Crippen LogP contribution in [-0.2, 0) is 4.74 Å². The molecular weight excluding hydrogens is 216 g/mol. The lowest BCUT2D eigenvalue weighted by atomic mass is 10.1. The molecule has 4 nitrogen and oxygen atoms in total. The molecule has 2 heterocycles. The van der Waals surface area contributed by atoms with Gasteiger partial charge in [-0.1, -0.05) is 0 Å². The highest BCUT2D eigenvalue weighted by atomic mass is 16.5. The molecule has 4 heteroatoms. The van der Waals surface area contributed by atoms with Crippen molar-refractivity contribution in [2.45, 2.75) is 25.5 Å². The molecule has 1 aromatic carbocycles. The van der Waals surface area contributed by atoms with Crippen LogP contribution in [-0.4, -0.2) is 22.7 Å². The average Bonchev–Trinajstić information content (AvgIpc) is 2.82. The van der Waals surface area contributed by atoms with Gasteiger partial charge in [0.05, 0.1) is 11.7 Å². The van der Waals surface area contributed by atoms with E-state index in [1.165, 1.54) is 6.42 Å². The fraction of sp³-hybridized carbons (Fsp3) is 0.385. The molecule has 2 aromatic rings. The third kappa shape index (κ3) is 1.85. The van der Waals surface area contributed by atoms with Crippen LogP contribution in [0.2, 0.25) is 0 Å². The van der Waals surface area contributed by atoms with Crippen LogP contribution in [0.15, 0.2) is 24.4 Å². The number of aromatic nitrogens is 2. The number of aldehydes is 1. The predicted molar refractivity (Wildman–Crippen MR) is 64.0 cm³/mol. The van der Waals surface area contributed by atoms with Gasteiger partial charge in [0.25, 0.3) is 0 Å². The minimum absolute atomic E-state index is 0.0448. The Morgan fingerprint density at radius 3 is 3.12 bits per heavy atom. The van der Waals surface area contributed by atoms with Crippen molar-refractivity contribution >= 4 is 17.2 Å². The second-order valence-electron chi connectivity index (χ2n) is 4.35. The van der Waals surface area contributed by atoms with Crippen LogP contribution in [0.1, 0.15) is 35.8 Å². The van der Waals surface area contributed by atoms with Crippen molar-refractivity contribution in [1.29, 1.82) is 0 Å². The first-order chi connectivity index (χ1) is 8.38. The quantitative estimate of drug-likeness (QED) is 0.745. The van der Waals surface area contributed by atoms with Gasteiger partial charge < -0.3 is 4.74 Å². The van der Waals surface area contributed by atoms with E-state index in [4.69, 9.17) is 4.74 Å². The summed E-state index contributed by atoms with van der Waals surface area (Å²) in [6.07, 6.45) is 6.01. The number of carbonyl (C=O) groups is 1. The zero-order valence-electron chi connectivity index (χ0n) is 9.50. The number of benzene rings is 1. The lowest BCUT2D eigenvalue weighted by molar-refractivity contribution is -0.0366. The standard InChI is InChI=1S/C13H14N2O2/c16-9-10-4-5-12-11(7-10)8-14-15(12)13-3-1-2-6-17-13/h4-5,7-9,13H,1-3,6H2. The van der Waals surface area contributed by atoms with Gasteiger partial charge in [-0.05, 0) is 37.5 Å². The molecule has 0 saturated carbocycles. The Bertz CT molecular complexity index is 541. The maximum atomic E-state index is 10.7. The summed E-state index contributed by atoms with van der Waals surface area (Å²) in [6, 6.07) is 5.61. The molecule has 1 fully saturated rings. The van der Waals surface area contributed by atoms with Crippen molar-refractivity contribution in [2.24, 2.45) is 0 Å². The van der Waals surface area contributed by atoms with Crippen molar-refractivity contribution < 1.29 is 9.53 Å². The van der Waals surface area contributed by atoms with E-state index in [9.17, 15) is 4.79 Å². The number of hydrogen-bond acceptors (Lipinski definition) is 3. The summed E-state index contributed by atoms with van der Waals surface area (Å²) in [7, 11) is 0. The molecule has 1 aliphatic heterocycles. The molecule has 0 bridgehead atoms. The molecule has 0 spiro atoms. The number of carbonyl (C=O) groups excluding carboxylic acids is 1. The molecule has 3 rings (SSSR count). The van der Waals surface area contributed by atoms with Crippen LogP contribution in [0, 0.1) is 0 Å². The lowest BCUT2D eigenvalue weighted by Crippen LogP contribution is -2.18. The molecule has 17 heavy (non-hydrogen) atoms. The molecule has 0 N–H and O–H groups in total. The molecule has 1 aliphatic rings. The molecule has 1 saturated heterocycles. The zero-order valence-corrected chi connectivity index (χ0v) is 9.50. The second-order valence-corrected chi connectivity index (χ2v) is 4.35. The van der Waals surface area contributed by atoms with Gasteiger partial charge in [-0.15, -0.1) is 0 Å². The molecule has 0 radical (unpaired) electrons. The van der Waals surface area contributed by atoms with Gasteiger partial charge in [0.15, 0.2) is 6.23 Å². The van der Waals surface area contributed by atoms with E-state index in [1.807, 2.05) is 22.9 Å². The van der Waals surface area contributed by atoms with E-state index in [2.05, 4.69) is 5.10 Å². The van der Waals surface area contributed by atoms with Crippen molar-refractivity contribution in [1.82, 2.24) is 9.78 Å². The molecule has 0 amide bonds. The molecular formula is C13H14N2O2. The third-order valence-electron chi connectivity index (χ3n) is 3.18. The molecule has 88 valence electrons. The number of rotatable bonds is 2. The summed E-state index contributed by atoms with van der Waals surface area (Å²) in [5, 5.41) is 5.36. The molecule has 1 aromatic heterocycles. The summed E-state index contributed by atoms with van der Waals surface area (Å²) >= 11 is 0. The van der Waals surface area contributed by atoms with E-state index < -0.39 is 0 Å². The fourth-order valence-corrected chi connectivity index (χ4v) is 2.29. The van der Waals surface area contributed by atoms with Gasteiger partial charge in [-0.25, -0.2) is 4.68 Å². The van der Waals surface area contributed by atoms with Crippen LogP contribution in [0.5, 0.6) is 0 Å². The van der Waals surface area contributed by atoms with E-state index in [1.54, 1.807) is 6.20 Å². The summed E-state index contributed by atoms with van der Waals surface area (Å²) in [4.78, 5) is 10.7. The normalized spacial score (nSPS) is 20.6. The highest BCUT2D eigenvalue weighted by Gasteiger charge is 2.18. The minimum atomic E-state index is 0.0448. The van der Waals surface area contributed by atoms with Crippen LogP contribution < -0.4 is 0 Å². The average molecular weight is 230 g/mol. The third-order valence-corrected chi connectivity index (χ3v) is 3.18. The maximum absolute atomic E-state index is 10.7. The van der Waals surface area contributed by atoms with Gasteiger partial charge in [0.2, 0.25) is 0 Å². The Kier molecular flexibility index (Phi) is 2.65. The fourth-order valence-electron chi connectivity index (χ4n) is 2.29. The lowest BCUT2D eigenvalue weighted by Gasteiger charge is -2.23. The summed E-state index contributed by atoms with van der Waals surface area (Å²) in [5.74, 6) is 0. The maximum Gasteiger partial charge on any atom is 0.150 e. The summed E-state index contributed by atoms with van der Waals surface area (Å²) < 4.78 is 7.64. The van der Waals surface area contributed by atoms with Crippen molar-refractivity contribution in [3.05, 3.63) is 30.0 Å². The van der Waals surface area contributed by atoms with Crippen LogP contribution >= 0.6 is 0 Å². The van der Waals surface area contributed by atoms with E-state index in [-0.39, 0.29) is 6.23 Å². The Hall–Kier alpha value is -1.68. The SMILES string of the molecule is O=Cc1ccc2c(cnn2C2CCCCO2)c1. The first kappa shape index (κ1) is 10.5. The van der Waals surface area contributed by atoms with E-state index in [0.29, 0.717) is 5.56 Å². The summed E-state index contributed by atoms with van der Waals surface area (Å²) in [5.41, 5.74) is 1.71. The van der Waals surface area contributed by atoms with Gasteiger partial charge >= 0.3 is 0 Å². The zero-order chi connectivity index (χ0) is 11.7. The Labute approximate surface area is 99.2 Å². The van der Waals surface area contributed by atoms with Crippen molar-refractivity contribution in [3.8, 4) is 0 Å². The molecule has 1 unspecified atom stereocenters. The Morgan fingerprint density at radius 1 is 1.41 bits per heavy atom. The van der Waals surface area contributed by atoms with Crippen LogP contribution in [0.4, 0.5) is 0 Å². The predicted octanol–water partition coefficient (Wildman–Crippen LogP) is 2.55. The minimum Gasteiger partial charge on any atom is -0.356 e. The second kappa shape index (κ2) is 4.30. The summed E-state index contributed by atoms with van der Waals surface area (Å²) in [6.45, 7) is 0.804. The van der Waals surface area contributed by atoms with Crippen molar-refractivity contribution in [2.75, 3.05) is 6.61 Å². The highest BCUT2D eigenvalue weighted by Crippen LogP contribution is 2.26. The van der Waals surface area contributed by atoms with Gasteiger partial charge in [-0.3, -0.25) is 4.79 Å². The van der Waals surface area contributed by atoms with Gasteiger partial charge in [0, 0.05) is 17.6 Å². The van der Waals surface area contributed by atoms with Crippen molar-refractivity contribution in [3.63, 3.8) is 0 Å². The molecule has 1 atom stereocenters. The smallest absolute Gasteiger partial charge is 0.150 e. The van der Waals surface area contributed by atoms with Gasteiger partial charge in [0.1, 0.15) is 6.29 Å². The van der Waals surface area contributed by atoms with Crippen LogP contribution in [0.3, 0.4) is 0 Å².